The van der Waals surface area contributed by atoms with Crippen LogP contribution < -0.4 is 17.0 Å². The second-order valence-corrected chi connectivity index (χ2v) is 4.10. The minimum absolute atomic E-state index is 0.0222. The van der Waals surface area contributed by atoms with Crippen LogP contribution in [-0.2, 0) is 4.74 Å². The maximum atomic E-state index is 5.86. The molecule has 0 amide bonds. The Balaban J connectivity index is 2.18. The number of rotatable bonds is 3. The van der Waals surface area contributed by atoms with E-state index in [-0.39, 0.29) is 6.04 Å². The minimum Gasteiger partial charge on any atom is -0.383 e. The maximum Gasteiger partial charge on any atom is 0.128 e. The van der Waals surface area contributed by atoms with Gasteiger partial charge in [-0.3, -0.25) is 11.3 Å². The first-order valence-electron chi connectivity index (χ1n) is 5.57. The zero-order chi connectivity index (χ0) is 11.4. The van der Waals surface area contributed by atoms with Crippen LogP contribution in [-0.4, -0.2) is 18.2 Å². The molecule has 1 aromatic rings. The van der Waals surface area contributed by atoms with Crippen molar-refractivity contribution in [3.05, 3.63) is 23.9 Å². The number of ether oxygens (including phenoxy) is 1. The largest absolute Gasteiger partial charge is 0.383 e. The standard InChI is InChI=1S/C11H18N4O/c12-11-9(4-1-5-14-11)10(15-13)8-3-2-6-16-7-8/h1,4-5,8,10,15H,2-3,6-7,13H2,(H2,12,14). The molecule has 1 aliphatic rings. The van der Waals surface area contributed by atoms with E-state index >= 15 is 0 Å². The van der Waals surface area contributed by atoms with Gasteiger partial charge in [0.25, 0.3) is 0 Å². The number of nitrogens with one attached hydrogen (secondary N) is 1. The minimum atomic E-state index is 0.0222. The quantitative estimate of drug-likeness (QED) is 0.515. The molecule has 2 rings (SSSR count). The van der Waals surface area contributed by atoms with Crippen molar-refractivity contribution in [2.24, 2.45) is 11.8 Å². The van der Waals surface area contributed by atoms with Crippen LogP contribution in [0.4, 0.5) is 5.82 Å². The van der Waals surface area contributed by atoms with Gasteiger partial charge in [-0.1, -0.05) is 6.07 Å². The third kappa shape index (κ3) is 2.32. The van der Waals surface area contributed by atoms with Gasteiger partial charge < -0.3 is 10.5 Å². The Morgan fingerprint density at radius 3 is 3.06 bits per heavy atom. The summed E-state index contributed by atoms with van der Waals surface area (Å²) < 4.78 is 5.47. The number of nitrogen functional groups attached to an aromatic ring is 1. The van der Waals surface area contributed by atoms with Crippen molar-refractivity contribution in [2.45, 2.75) is 18.9 Å². The van der Waals surface area contributed by atoms with Crippen LogP contribution in [0.25, 0.3) is 0 Å². The smallest absolute Gasteiger partial charge is 0.128 e. The molecule has 0 spiro atoms. The molecular formula is C11H18N4O. The van der Waals surface area contributed by atoms with Crippen LogP contribution in [0.3, 0.4) is 0 Å². The third-order valence-electron chi connectivity index (χ3n) is 3.05. The van der Waals surface area contributed by atoms with E-state index in [2.05, 4.69) is 10.4 Å². The number of nitrogens with two attached hydrogens (primary N) is 2. The number of hydrogen-bond donors (Lipinski definition) is 3. The molecule has 5 heteroatoms. The lowest BCUT2D eigenvalue weighted by atomic mass is 9.89. The van der Waals surface area contributed by atoms with Crippen molar-refractivity contribution >= 4 is 5.82 Å². The van der Waals surface area contributed by atoms with E-state index in [1.165, 1.54) is 0 Å². The highest BCUT2D eigenvalue weighted by Gasteiger charge is 2.26. The molecular weight excluding hydrogens is 204 g/mol. The average Bonchev–Trinajstić information content (AvgIpc) is 2.34. The Hall–Kier alpha value is -1.17. The first-order valence-corrected chi connectivity index (χ1v) is 5.57. The van der Waals surface area contributed by atoms with Gasteiger partial charge in [0, 0.05) is 24.3 Å². The normalized spacial score (nSPS) is 22.9. The molecule has 2 heterocycles. The summed E-state index contributed by atoms with van der Waals surface area (Å²) in [6.07, 6.45) is 3.86. The van der Waals surface area contributed by atoms with Gasteiger partial charge in [-0.2, -0.15) is 0 Å². The second-order valence-electron chi connectivity index (χ2n) is 4.10. The van der Waals surface area contributed by atoms with Gasteiger partial charge in [0.05, 0.1) is 12.6 Å². The topological polar surface area (TPSA) is 86.2 Å². The predicted octanol–water partition coefficient (Wildman–Crippen LogP) is 0.595. The molecule has 5 nitrogen and oxygen atoms in total. The predicted molar refractivity (Wildman–Crippen MR) is 62.3 cm³/mol. The number of anilines is 1. The molecule has 5 N–H and O–H groups in total. The monoisotopic (exact) mass is 222 g/mol. The molecule has 16 heavy (non-hydrogen) atoms. The van der Waals surface area contributed by atoms with Crippen LogP contribution in [0.5, 0.6) is 0 Å². The Bertz CT molecular complexity index is 339. The van der Waals surface area contributed by atoms with Crippen LogP contribution in [0.1, 0.15) is 24.4 Å². The number of nitrogens with zero attached hydrogens (tertiary/aromatic N) is 1. The summed E-state index contributed by atoms with van der Waals surface area (Å²) >= 11 is 0. The van der Waals surface area contributed by atoms with Crippen LogP contribution in [0.15, 0.2) is 18.3 Å². The molecule has 1 fully saturated rings. The lowest BCUT2D eigenvalue weighted by Crippen LogP contribution is -2.37. The van der Waals surface area contributed by atoms with E-state index in [4.69, 9.17) is 16.3 Å². The summed E-state index contributed by atoms with van der Waals surface area (Å²) in [6, 6.07) is 3.86. The Kier molecular flexibility index (Phi) is 3.71. The Morgan fingerprint density at radius 2 is 2.44 bits per heavy atom. The molecule has 0 aromatic carbocycles. The lowest BCUT2D eigenvalue weighted by molar-refractivity contribution is 0.0391. The van der Waals surface area contributed by atoms with Crippen LogP contribution in [0, 0.1) is 5.92 Å². The van der Waals surface area contributed by atoms with Crippen molar-refractivity contribution in [3.8, 4) is 0 Å². The molecule has 1 saturated heterocycles. The van der Waals surface area contributed by atoms with E-state index in [0.29, 0.717) is 11.7 Å². The molecule has 0 radical (unpaired) electrons. The van der Waals surface area contributed by atoms with Gasteiger partial charge in [0.15, 0.2) is 0 Å². The summed E-state index contributed by atoms with van der Waals surface area (Å²) in [5.74, 6) is 6.52. The van der Waals surface area contributed by atoms with E-state index < -0.39 is 0 Å². The number of aromatic nitrogens is 1. The number of hydrogen-bond acceptors (Lipinski definition) is 5. The molecule has 1 aromatic heterocycles. The summed E-state index contributed by atoms with van der Waals surface area (Å²) in [7, 11) is 0. The first kappa shape index (κ1) is 11.3. The van der Waals surface area contributed by atoms with Crippen molar-refractivity contribution < 1.29 is 4.74 Å². The van der Waals surface area contributed by atoms with Gasteiger partial charge in [0.1, 0.15) is 5.82 Å². The molecule has 0 aliphatic carbocycles. The zero-order valence-electron chi connectivity index (χ0n) is 9.23. The summed E-state index contributed by atoms with van der Waals surface area (Å²) in [4.78, 5) is 4.08. The molecule has 1 aliphatic heterocycles. The van der Waals surface area contributed by atoms with Crippen molar-refractivity contribution in [1.82, 2.24) is 10.4 Å². The van der Waals surface area contributed by atoms with E-state index in [1.54, 1.807) is 6.20 Å². The molecule has 0 saturated carbocycles. The third-order valence-corrected chi connectivity index (χ3v) is 3.05. The van der Waals surface area contributed by atoms with E-state index in [0.717, 1.165) is 31.6 Å². The fraction of sp³-hybridized carbons (Fsp3) is 0.545. The van der Waals surface area contributed by atoms with Gasteiger partial charge >= 0.3 is 0 Å². The summed E-state index contributed by atoms with van der Waals surface area (Å²) in [5.41, 5.74) is 9.64. The molecule has 0 bridgehead atoms. The van der Waals surface area contributed by atoms with Gasteiger partial charge in [0.2, 0.25) is 0 Å². The SMILES string of the molecule is NNC(c1cccnc1N)C1CCCOC1. The van der Waals surface area contributed by atoms with Gasteiger partial charge in [-0.25, -0.2) is 4.98 Å². The highest BCUT2D eigenvalue weighted by Crippen LogP contribution is 2.30. The average molecular weight is 222 g/mol. The van der Waals surface area contributed by atoms with Gasteiger partial charge in [-0.05, 0) is 18.9 Å². The van der Waals surface area contributed by atoms with Crippen LogP contribution >= 0.6 is 0 Å². The zero-order valence-corrected chi connectivity index (χ0v) is 9.23. The number of hydrazine groups is 1. The van der Waals surface area contributed by atoms with Crippen molar-refractivity contribution in [1.29, 1.82) is 0 Å². The lowest BCUT2D eigenvalue weighted by Gasteiger charge is -2.30. The Labute approximate surface area is 95.1 Å². The second kappa shape index (κ2) is 5.25. The first-order chi connectivity index (χ1) is 7.83. The molecule has 2 atom stereocenters. The van der Waals surface area contributed by atoms with E-state index in [1.807, 2.05) is 12.1 Å². The Morgan fingerprint density at radius 1 is 1.56 bits per heavy atom. The fourth-order valence-electron chi connectivity index (χ4n) is 2.20. The van der Waals surface area contributed by atoms with Crippen LogP contribution in [0.2, 0.25) is 0 Å². The maximum absolute atomic E-state index is 5.86. The highest BCUT2D eigenvalue weighted by molar-refractivity contribution is 5.41. The van der Waals surface area contributed by atoms with Gasteiger partial charge in [-0.15, -0.1) is 0 Å². The summed E-state index contributed by atoms with van der Waals surface area (Å²) in [6.45, 7) is 1.57. The summed E-state index contributed by atoms with van der Waals surface area (Å²) in [5, 5.41) is 0. The van der Waals surface area contributed by atoms with Crippen molar-refractivity contribution in [2.75, 3.05) is 18.9 Å². The molecule has 2 unspecified atom stereocenters. The van der Waals surface area contributed by atoms with E-state index in [9.17, 15) is 0 Å². The highest BCUT2D eigenvalue weighted by atomic mass is 16.5. The number of pyridine rings is 1. The fourth-order valence-corrected chi connectivity index (χ4v) is 2.20. The molecule has 88 valence electrons. The van der Waals surface area contributed by atoms with Crippen molar-refractivity contribution in [3.63, 3.8) is 0 Å².